The van der Waals surface area contributed by atoms with E-state index in [1.165, 1.54) is 26.4 Å². The average molecular weight is 759 g/mol. The van der Waals surface area contributed by atoms with Gasteiger partial charge in [0.15, 0.2) is 12.4 Å². The standard InChI is InChI=1S/C36H54O17/c1-15(2)7-9-17-11-19(34(46)52-33-26(42)25(41)31(47-5)29(45)32(33)48-6)12-18(10-8-16(3)4)30(17)53-36-28(44)24(40)23(39)21(51-36)14-50-35-27(43)22(38)20(37)13-49-35/h7-8,11-12,20-29,31-33,35-45H,9-10,13-14H2,1-6H3/t20-,21+,22-,23+,24+,25+,26+,27+,28+,29-,31+,32+,33-,35+,36-/m1/s1. The molecule has 0 spiro atoms. The number of aliphatic hydroxyl groups excluding tert-OH is 9. The predicted molar refractivity (Wildman–Crippen MR) is 183 cm³/mol. The lowest BCUT2D eigenvalue weighted by molar-refractivity contribution is -0.307. The molecule has 0 bridgehead atoms. The van der Waals surface area contributed by atoms with Gasteiger partial charge in [-0.25, -0.2) is 4.79 Å². The third-order valence-corrected chi connectivity index (χ3v) is 9.53. The molecule has 300 valence electrons. The second-order valence-corrected chi connectivity index (χ2v) is 14.1. The summed E-state index contributed by atoms with van der Waals surface area (Å²) in [6.45, 7) is 6.65. The van der Waals surface area contributed by atoms with Gasteiger partial charge in [0.25, 0.3) is 0 Å². The Labute approximate surface area is 307 Å². The minimum absolute atomic E-state index is 0.0248. The molecule has 17 nitrogen and oxygen atoms in total. The van der Waals surface area contributed by atoms with Crippen LogP contribution in [0, 0.1) is 0 Å². The Bertz CT molecular complexity index is 1390. The summed E-state index contributed by atoms with van der Waals surface area (Å²) >= 11 is 0. The number of allylic oxidation sites excluding steroid dienone is 4. The number of aliphatic hydroxyl groups is 9. The van der Waals surface area contributed by atoms with E-state index in [2.05, 4.69) is 0 Å². The van der Waals surface area contributed by atoms with Crippen LogP contribution in [0.3, 0.4) is 0 Å². The minimum Gasteiger partial charge on any atom is -0.461 e. The van der Waals surface area contributed by atoms with Gasteiger partial charge in [-0.3, -0.25) is 0 Å². The van der Waals surface area contributed by atoms with E-state index in [9.17, 15) is 50.8 Å². The molecule has 15 atom stereocenters. The highest BCUT2D eigenvalue weighted by Crippen LogP contribution is 2.34. The van der Waals surface area contributed by atoms with E-state index in [1.807, 2.05) is 39.8 Å². The van der Waals surface area contributed by atoms with Crippen molar-refractivity contribution >= 4 is 5.97 Å². The minimum atomic E-state index is -1.78. The summed E-state index contributed by atoms with van der Waals surface area (Å²) in [5.74, 6) is -0.725. The monoisotopic (exact) mass is 758 g/mol. The van der Waals surface area contributed by atoms with E-state index >= 15 is 0 Å². The van der Waals surface area contributed by atoms with Gasteiger partial charge in [-0.05, 0) is 63.8 Å². The predicted octanol–water partition coefficient (Wildman–Crippen LogP) is -2.00. The fraction of sp³-hybridized carbons (Fsp3) is 0.694. The molecule has 2 aliphatic heterocycles. The van der Waals surface area contributed by atoms with Crippen molar-refractivity contribution in [2.75, 3.05) is 27.4 Å². The van der Waals surface area contributed by atoms with Crippen LogP contribution in [-0.2, 0) is 41.3 Å². The van der Waals surface area contributed by atoms with Crippen LogP contribution in [0.5, 0.6) is 5.75 Å². The second kappa shape index (κ2) is 18.8. The molecule has 1 aromatic rings. The molecule has 2 saturated heterocycles. The zero-order chi connectivity index (χ0) is 39.3. The van der Waals surface area contributed by atoms with Gasteiger partial charge in [0.2, 0.25) is 6.29 Å². The first-order chi connectivity index (χ1) is 25.0. The summed E-state index contributed by atoms with van der Waals surface area (Å²) in [6, 6.07) is 2.96. The van der Waals surface area contributed by atoms with Crippen molar-refractivity contribution in [3.63, 3.8) is 0 Å². The quantitative estimate of drug-likeness (QED) is 0.0778. The maximum Gasteiger partial charge on any atom is 0.338 e. The SMILES string of the molecule is CO[C@@H]1[C@@H](O)[C@H](OC)[C@H](OC(=O)c2cc(CC=C(C)C)c(O[C@H]3O[C@@H](CO[C@@H]4OC[C@@H](O)[C@@H](O)[C@@H]4O)[C@H](O)[C@H](O)[C@@H]3O)c(CC=C(C)C)c2)[C@@H](O)[C@@H]1O. The van der Waals surface area contributed by atoms with Crippen LogP contribution in [0.1, 0.15) is 49.2 Å². The zero-order valence-electron chi connectivity index (χ0n) is 30.6. The lowest BCUT2D eigenvalue weighted by Crippen LogP contribution is -2.65. The van der Waals surface area contributed by atoms with Gasteiger partial charge in [0, 0.05) is 14.2 Å². The molecule has 0 aromatic heterocycles. The van der Waals surface area contributed by atoms with Gasteiger partial charge in [0.05, 0.1) is 18.8 Å². The summed E-state index contributed by atoms with van der Waals surface area (Å²) in [6.07, 6.45) is -18.5. The van der Waals surface area contributed by atoms with E-state index in [0.29, 0.717) is 11.1 Å². The van der Waals surface area contributed by atoms with Crippen LogP contribution in [0.4, 0.5) is 0 Å². The molecule has 1 aliphatic carbocycles. The third kappa shape index (κ3) is 10.00. The molecule has 0 amide bonds. The van der Waals surface area contributed by atoms with Crippen LogP contribution < -0.4 is 4.74 Å². The van der Waals surface area contributed by atoms with Crippen LogP contribution >= 0.6 is 0 Å². The molecule has 1 saturated carbocycles. The molecule has 0 unspecified atom stereocenters. The molecule has 9 N–H and O–H groups in total. The van der Waals surface area contributed by atoms with Crippen molar-refractivity contribution < 1.29 is 83.9 Å². The fourth-order valence-corrected chi connectivity index (χ4v) is 6.39. The maximum atomic E-state index is 13.8. The molecule has 53 heavy (non-hydrogen) atoms. The molecule has 4 rings (SSSR count). The van der Waals surface area contributed by atoms with E-state index in [0.717, 1.165) is 11.1 Å². The third-order valence-electron chi connectivity index (χ3n) is 9.53. The number of methoxy groups -OCH3 is 2. The summed E-state index contributed by atoms with van der Waals surface area (Å²) in [5, 5.41) is 94.7. The second-order valence-electron chi connectivity index (χ2n) is 14.1. The van der Waals surface area contributed by atoms with Crippen LogP contribution in [-0.4, -0.2) is 171 Å². The Morgan fingerprint density at radius 3 is 1.79 bits per heavy atom. The number of carbonyl (C=O) groups is 1. The first-order valence-electron chi connectivity index (χ1n) is 17.4. The zero-order valence-corrected chi connectivity index (χ0v) is 30.6. The van der Waals surface area contributed by atoms with Crippen LogP contribution in [0.2, 0.25) is 0 Å². The summed E-state index contributed by atoms with van der Waals surface area (Å²) in [5.41, 5.74) is 2.73. The number of hydrogen-bond donors (Lipinski definition) is 9. The molecular formula is C36H54O17. The van der Waals surface area contributed by atoms with Crippen molar-refractivity contribution in [3.05, 3.63) is 52.1 Å². The van der Waals surface area contributed by atoms with Gasteiger partial charge in [0.1, 0.15) is 79.0 Å². The molecule has 1 aromatic carbocycles. The Morgan fingerprint density at radius 1 is 0.698 bits per heavy atom. The van der Waals surface area contributed by atoms with Crippen molar-refractivity contribution in [2.45, 2.75) is 132 Å². The Kier molecular flexibility index (Phi) is 15.3. The first kappa shape index (κ1) is 43.1. The number of esters is 1. The number of carbonyl (C=O) groups excluding carboxylic acids is 1. The van der Waals surface area contributed by atoms with Crippen molar-refractivity contribution in [1.82, 2.24) is 0 Å². The van der Waals surface area contributed by atoms with Gasteiger partial charge in [-0.2, -0.15) is 0 Å². The lowest BCUT2D eigenvalue weighted by atomic mass is 9.84. The summed E-state index contributed by atoms with van der Waals surface area (Å²) in [7, 11) is 2.50. The van der Waals surface area contributed by atoms with Gasteiger partial charge < -0.3 is 79.1 Å². The highest BCUT2D eigenvalue weighted by atomic mass is 16.7. The molecule has 3 aliphatic rings. The van der Waals surface area contributed by atoms with Crippen molar-refractivity contribution in [1.29, 1.82) is 0 Å². The van der Waals surface area contributed by atoms with Gasteiger partial charge >= 0.3 is 5.97 Å². The number of hydrogen-bond acceptors (Lipinski definition) is 17. The maximum absolute atomic E-state index is 13.8. The highest BCUT2D eigenvalue weighted by Gasteiger charge is 2.52. The summed E-state index contributed by atoms with van der Waals surface area (Å²) < 4.78 is 39.1. The molecule has 17 heteroatoms. The van der Waals surface area contributed by atoms with E-state index in [-0.39, 0.29) is 30.8 Å². The highest BCUT2D eigenvalue weighted by molar-refractivity contribution is 5.90. The normalized spacial score (nSPS) is 37.5. The number of benzene rings is 1. The summed E-state index contributed by atoms with van der Waals surface area (Å²) in [4.78, 5) is 13.8. The molecule has 0 radical (unpaired) electrons. The smallest absolute Gasteiger partial charge is 0.338 e. The Balaban J connectivity index is 1.66. The van der Waals surface area contributed by atoms with E-state index < -0.39 is 105 Å². The van der Waals surface area contributed by atoms with Gasteiger partial charge in [-0.15, -0.1) is 0 Å². The Hall–Kier alpha value is -2.59. The first-order valence-corrected chi connectivity index (χ1v) is 17.4. The Morgan fingerprint density at radius 2 is 1.25 bits per heavy atom. The van der Waals surface area contributed by atoms with E-state index in [1.54, 1.807) is 0 Å². The molecule has 2 heterocycles. The fourth-order valence-electron chi connectivity index (χ4n) is 6.39. The van der Waals surface area contributed by atoms with Crippen LogP contribution in [0.25, 0.3) is 0 Å². The van der Waals surface area contributed by atoms with Crippen LogP contribution in [0.15, 0.2) is 35.4 Å². The average Bonchev–Trinajstić information content (AvgIpc) is 3.12. The number of ether oxygens (including phenoxy) is 7. The number of rotatable bonds is 13. The van der Waals surface area contributed by atoms with Gasteiger partial charge in [-0.1, -0.05) is 23.3 Å². The largest absolute Gasteiger partial charge is 0.461 e. The molecule has 3 fully saturated rings. The topological polar surface area (TPSA) is 264 Å². The molecular weight excluding hydrogens is 704 g/mol. The van der Waals surface area contributed by atoms with Crippen molar-refractivity contribution in [2.24, 2.45) is 0 Å². The lowest BCUT2D eigenvalue weighted by Gasteiger charge is -2.43. The van der Waals surface area contributed by atoms with E-state index in [4.69, 9.17) is 33.2 Å². The van der Waals surface area contributed by atoms with Crippen molar-refractivity contribution in [3.8, 4) is 5.75 Å².